The van der Waals surface area contributed by atoms with Crippen LogP contribution in [0.1, 0.15) is 16.4 Å². The molecule has 0 radical (unpaired) electrons. The fourth-order valence-corrected chi connectivity index (χ4v) is 2.70. The Morgan fingerprint density at radius 3 is 2.76 bits per heavy atom. The molecule has 0 amide bonds. The molecule has 2 aromatic rings. The molecule has 1 aromatic heterocycles. The van der Waals surface area contributed by atoms with Gasteiger partial charge in [-0.25, -0.2) is 4.98 Å². The molecular weight excluding hydrogens is 230 g/mol. The van der Waals surface area contributed by atoms with E-state index in [2.05, 4.69) is 29.0 Å². The van der Waals surface area contributed by atoms with E-state index in [0.29, 0.717) is 6.54 Å². The molecule has 0 aliphatic heterocycles. The van der Waals surface area contributed by atoms with E-state index >= 15 is 0 Å². The van der Waals surface area contributed by atoms with Gasteiger partial charge in [-0.05, 0) is 18.1 Å². The van der Waals surface area contributed by atoms with Crippen LogP contribution in [0.25, 0.3) is 0 Å². The predicted octanol–water partition coefficient (Wildman–Crippen LogP) is 2.58. The first kappa shape index (κ1) is 12.1. The second-order valence-corrected chi connectivity index (χ2v) is 4.97. The first-order valence-corrected chi connectivity index (χ1v) is 6.37. The third kappa shape index (κ3) is 3.05. The first-order chi connectivity index (χ1) is 8.31. The molecule has 2 N–H and O–H groups in total. The summed E-state index contributed by atoms with van der Waals surface area (Å²) in [6.07, 6.45) is 5.15. The summed E-state index contributed by atoms with van der Waals surface area (Å²) in [5, 5.41) is 1.14. The molecule has 1 unspecified atom stereocenters. The van der Waals surface area contributed by atoms with Gasteiger partial charge < -0.3 is 5.73 Å². The van der Waals surface area contributed by atoms with E-state index in [9.17, 15) is 0 Å². The van der Waals surface area contributed by atoms with Crippen molar-refractivity contribution in [2.24, 2.45) is 5.73 Å². The Balaban J connectivity index is 2.21. The first-order valence-electron chi connectivity index (χ1n) is 5.49. The number of aromatic nitrogens is 2. The molecule has 0 spiro atoms. The summed E-state index contributed by atoms with van der Waals surface area (Å²) in [7, 11) is 0. The minimum absolute atomic E-state index is 0.230. The molecular formula is C13H15N3S. The molecule has 17 heavy (non-hydrogen) atoms. The van der Waals surface area contributed by atoms with Gasteiger partial charge >= 0.3 is 0 Å². The number of hydrogen-bond acceptors (Lipinski definition) is 4. The minimum Gasteiger partial charge on any atom is -0.329 e. The molecule has 1 aromatic carbocycles. The average Bonchev–Trinajstić information content (AvgIpc) is 2.38. The highest BCUT2D eigenvalue weighted by atomic mass is 32.2. The summed E-state index contributed by atoms with van der Waals surface area (Å²) in [5.74, 6) is 0. The molecule has 1 atom stereocenters. The monoisotopic (exact) mass is 245 g/mol. The van der Waals surface area contributed by atoms with Crippen molar-refractivity contribution in [3.63, 3.8) is 0 Å². The number of nitrogens with zero attached hydrogens (tertiary/aromatic N) is 2. The number of rotatable bonds is 4. The normalized spacial score (nSPS) is 12.4. The molecule has 4 heteroatoms. The van der Waals surface area contributed by atoms with E-state index in [1.54, 1.807) is 30.4 Å². The van der Waals surface area contributed by atoms with Gasteiger partial charge in [-0.1, -0.05) is 36.0 Å². The molecule has 2 rings (SSSR count). The molecule has 0 bridgehead atoms. The van der Waals surface area contributed by atoms with Crippen LogP contribution in [0.4, 0.5) is 0 Å². The van der Waals surface area contributed by atoms with Crippen molar-refractivity contribution in [1.29, 1.82) is 0 Å². The lowest BCUT2D eigenvalue weighted by atomic mass is 10.1. The lowest BCUT2D eigenvalue weighted by Crippen LogP contribution is -2.10. The Kier molecular flexibility index (Phi) is 4.12. The van der Waals surface area contributed by atoms with E-state index in [-0.39, 0.29) is 5.25 Å². The van der Waals surface area contributed by atoms with Crippen LogP contribution in [0.3, 0.4) is 0 Å². The number of aryl methyl sites for hydroxylation is 1. The van der Waals surface area contributed by atoms with Crippen LogP contribution < -0.4 is 5.73 Å². The van der Waals surface area contributed by atoms with Crippen LogP contribution in [-0.2, 0) is 0 Å². The van der Waals surface area contributed by atoms with Gasteiger partial charge in [0.05, 0.1) is 6.20 Å². The van der Waals surface area contributed by atoms with Gasteiger partial charge in [0.15, 0.2) is 0 Å². The fraction of sp³-hybridized carbons (Fsp3) is 0.231. The maximum atomic E-state index is 5.85. The van der Waals surface area contributed by atoms with Crippen molar-refractivity contribution in [3.8, 4) is 0 Å². The van der Waals surface area contributed by atoms with E-state index in [4.69, 9.17) is 5.73 Å². The predicted molar refractivity (Wildman–Crippen MR) is 70.9 cm³/mol. The quantitative estimate of drug-likeness (QED) is 0.841. The van der Waals surface area contributed by atoms with Gasteiger partial charge in [0.1, 0.15) is 5.03 Å². The second kappa shape index (κ2) is 5.80. The van der Waals surface area contributed by atoms with Crippen LogP contribution >= 0.6 is 11.8 Å². The minimum atomic E-state index is 0.230. The van der Waals surface area contributed by atoms with Gasteiger partial charge in [0.25, 0.3) is 0 Å². The summed E-state index contributed by atoms with van der Waals surface area (Å²) >= 11 is 1.66. The lowest BCUT2D eigenvalue weighted by Gasteiger charge is -2.16. The standard InChI is InChI=1S/C13H15N3S/c1-10-4-2-3-5-11(10)12(8-14)17-13-9-15-6-7-16-13/h2-7,9,12H,8,14H2,1H3. The van der Waals surface area contributed by atoms with Crippen LogP contribution in [0.2, 0.25) is 0 Å². The summed E-state index contributed by atoms with van der Waals surface area (Å²) in [6, 6.07) is 8.31. The van der Waals surface area contributed by atoms with Gasteiger partial charge in [-0.3, -0.25) is 4.98 Å². The Morgan fingerprint density at radius 1 is 1.29 bits per heavy atom. The molecule has 1 heterocycles. The Labute approximate surface area is 105 Å². The van der Waals surface area contributed by atoms with Crippen molar-refractivity contribution in [3.05, 3.63) is 54.0 Å². The topological polar surface area (TPSA) is 51.8 Å². The Bertz CT molecular complexity index is 473. The largest absolute Gasteiger partial charge is 0.329 e. The Morgan fingerprint density at radius 2 is 2.12 bits per heavy atom. The highest BCUT2D eigenvalue weighted by Crippen LogP contribution is 2.34. The molecule has 0 saturated carbocycles. The van der Waals surface area contributed by atoms with Crippen LogP contribution in [0.15, 0.2) is 47.9 Å². The zero-order chi connectivity index (χ0) is 12.1. The van der Waals surface area contributed by atoms with Crippen molar-refractivity contribution in [1.82, 2.24) is 9.97 Å². The number of benzene rings is 1. The van der Waals surface area contributed by atoms with E-state index in [1.165, 1.54) is 11.1 Å². The van der Waals surface area contributed by atoms with Crippen molar-refractivity contribution < 1.29 is 0 Å². The van der Waals surface area contributed by atoms with Crippen molar-refractivity contribution >= 4 is 11.8 Å². The number of hydrogen-bond donors (Lipinski definition) is 1. The third-order valence-electron chi connectivity index (χ3n) is 2.55. The van der Waals surface area contributed by atoms with Crippen LogP contribution in [0, 0.1) is 6.92 Å². The SMILES string of the molecule is Cc1ccccc1C(CN)Sc1cnccn1. The Hall–Kier alpha value is -1.39. The molecule has 3 nitrogen and oxygen atoms in total. The highest BCUT2D eigenvalue weighted by Gasteiger charge is 2.13. The van der Waals surface area contributed by atoms with Gasteiger partial charge in [0, 0.05) is 24.2 Å². The van der Waals surface area contributed by atoms with Crippen LogP contribution in [0.5, 0.6) is 0 Å². The average molecular weight is 245 g/mol. The summed E-state index contributed by atoms with van der Waals surface area (Å²) in [5.41, 5.74) is 8.38. The molecule has 0 fully saturated rings. The zero-order valence-corrected chi connectivity index (χ0v) is 10.5. The fourth-order valence-electron chi connectivity index (χ4n) is 1.68. The maximum absolute atomic E-state index is 5.85. The van der Waals surface area contributed by atoms with Gasteiger partial charge in [-0.15, -0.1) is 0 Å². The van der Waals surface area contributed by atoms with E-state index in [1.807, 2.05) is 12.1 Å². The summed E-state index contributed by atoms with van der Waals surface area (Å²) < 4.78 is 0. The second-order valence-electron chi connectivity index (χ2n) is 3.74. The molecule has 0 aliphatic carbocycles. The van der Waals surface area contributed by atoms with E-state index < -0.39 is 0 Å². The van der Waals surface area contributed by atoms with Gasteiger partial charge in [0.2, 0.25) is 0 Å². The van der Waals surface area contributed by atoms with Crippen LogP contribution in [-0.4, -0.2) is 16.5 Å². The molecule has 0 saturated heterocycles. The highest BCUT2D eigenvalue weighted by molar-refractivity contribution is 7.99. The molecule has 88 valence electrons. The molecule has 0 aliphatic rings. The third-order valence-corrected chi connectivity index (χ3v) is 3.74. The van der Waals surface area contributed by atoms with E-state index in [0.717, 1.165) is 5.03 Å². The summed E-state index contributed by atoms with van der Waals surface area (Å²) in [4.78, 5) is 8.33. The van der Waals surface area contributed by atoms with Crippen molar-refractivity contribution in [2.45, 2.75) is 17.2 Å². The lowest BCUT2D eigenvalue weighted by molar-refractivity contribution is 0.922. The number of nitrogens with two attached hydrogens (primary N) is 1. The van der Waals surface area contributed by atoms with Crippen molar-refractivity contribution in [2.75, 3.05) is 6.54 Å². The maximum Gasteiger partial charge on any atom is 0.115 e. The number of thioether (sulfide) groups is 1. The van der Waals surface area contributed by atoms with Gasteiger partial charge in [-0.2, -0.15) is 0 Å². The smallest absolute Gasteiger partial charge is 0.115 e. The zero-order valence-electron chi connectivity index (χ0n) is 9.71. The summed E-state index contributed by atoms with van der Waals surface area (Å²) in [6.45, 7) is 2.70.